The van der Waals surface area contributed by atoms with Crippen molar-refractivity contribution in [1.29, 1.82) is 5.26 Å². The van der Waals surface area contributed by atoms with Gasteiger partial charge in [0.25, 0.3) is 5.69 Å². The summed E-state index contributed by atoms with van der Waals surface area (Å²) in [7, 11) is 1.54. The molecule has 0 heterocycles. The van der Waals surface area contributed by atoms with Crippen LogP contribution in [0.15, 0.2) is 73.3 Å². The van der Waals surface area contributed by atoms with E-state index in [0.717, 1.165) is 11.1 Å². The van der Waals surface area contributed by atoms with Crippen molar-refractivity contribution in [2.75, 3.05) is 7.11 Å². The first-order chi connectivity index (χ1) is 15.9. The zero-order chi connectivity index (χ0) is 23.8. The first-order valence-corrected chi connectivity index (χ1v) is 10.4. The Bertz CT molecular complexity index is 1240. The van der Waals surface area contributed by atoms with E-state index in [4.69, 9.17) is 21.1 Å². The SMILES string of the molecule is C=CCc1cc(/C=C(/C#N)c2cccc([N+](=O)[O-])c2)cc(OC)c1OCc1ccc(Cl)cc1. The molecule has 3 aromatic carbocycles. The van der Waals surface area contributed by atoms with Crippen molar-refractivity contribution in [2.24, 2.45) is 0 Å². The van der Waals surface area contributed by atoms with Crippen molar-refractivity contribution < 1.29 is 14.4 Å². The van der Waals surface area contributed by atoms with Gasteiger partial charge in [0.1, 0.15) is 6.61 Å². The molecule has 0 aliphatic heterocycles. The lowest BCUT2D eigenvalue weighted by Crippen LogP contribution is -2.02. The molecule has 0 aliphatic carbocycles. The molecular weight excluding hydrogens is 440 g/mol. The number of nitrogens with zero attached hydrogens (tertiary/aromatic N) is 2. The van der Waals surface area contributed by atoms with Crippen molar-refractivity contribution >= 4 is 28.9 Å². The molecule has 0 unspecified atom stereocenters. The van der Waals surface area contributed by atoms with Crippen LogP contribution in [0.4, 0.5) is 5.69 Å². The van der Waals surface area contributed by atoms with Gasteiger partial charge in [-0.15, -0.1) is 6.58 Å². The van der Waals surface area contributed by atoms with Crippen LogP contribution in [0.2, 0.25) is 5.02 Å². The van der Waals surface area contributed by atoms with Crippen LogP contribution in [0.25, 0.3) is 11.6 Å². The highest BCUT2D eigenvalue weighted by atomic mass is 35.5. The molecule has 0 bridgehead atoms. The lowest BCUT2D eigenvalue weighted by atomic mass is 10.0. The molecule has 0 aliphatic rings. The van der Waals surface area contributed by atoms with E-state index in [1.165, 1.54) is 12.1 Å². The fourth-order valence-electron chi connectivity index (χ4n) is 3.26. The summed E-state index contributed by atoms with van der Waals surface area (Å²) in [5, 5.41) is 21.4. The second-order valence-electron chi connectivity index (χ2n) is 7.10. The molecule has 0 N–H and O–H groups in total. The fourth-order valence-corrected chi connectivity index (χ4v) is 3.39. The minimum Gasteiger partial charge on any atom is -0.493 e. The van der Waals surface area contributed by atoms with Gasteiger partial charge in [-0.3, -0.25) is 10.1 Å². The van der Waals surface area contributed by atoms with Crippen molar-refractivity contribution in [3.63, 3.8) is 0 Å². The number of hydrogen-bond acceptors (Lipinski definition) is 5. The van der Waals surface area contributed by atoms with Crippen LogP contribution in [0, 0.1) is 21.4 Å². The van der Waals surface area contributed by atoms with Crippen LogP contribution < -0.4 is 9.47 Å². The van der Waals surface area contributed by atoms with Crippen molar-refractivity contribution in [3.05, 3.63) is 111 Å². The van der Waals surface area contributed by atoms with E-state index in [1.807, 2.05) is 18.2 Å². The lowest BCUT2D eigenvalue weighted by Gasteiger charge is -2.16. The topological polar surface area (TPSA) is 85.4 Å². The Labute approximate surface area is 197 Å². The van der Waals surface area contributed by atoms with E-state index in [-0.39, 0.29) is 5.69 Å². The van der Waals surface area contributed by atoms with Gasteiger partial charge in [0, 0.05) is 22.7 Å². The molecule has 3 rings (SSSR count). The van der Waals surface area contributed by atoms with Gasteiger partial charge in [0.2, 0.25) is 0 Å². The Morgan fingerprint density at radius 2 is 1.97 bits per heavy atom. The van der Waals surface area contributed by atoms with Gasteiger partial charge < -0.3 is 9.47 Å². The summed E-state index contributed by atoms with van der Waals surface area (Å²) in [6, 6.07) is 19.1. The zero-order valence-electron chi connectivity index (χ0n) is 18.0. The maximum Gasteiger partial charge on any atom is 0.270 e. The lowest BCUT2D eigenvalue weighted by molar-refractivity contribution is -0.384. The van der Waals surface area contributed by atoms with Crippen molar-refractivity contribution in [2.45, 2.75) is 13.0 Å². The summed E-state index contributed by atoms with van der Waals surface area (Å²) >= 11 is 5.95. The monoisotopic (exact) mass is 460 g/mol. The molecule has 0 radical (unpaired) electrons. The number of nitro groups is 1. The van der Waals surface area contributed by atoms with E-state index in [0.29, 0.717) is 46.2 Å². The molecule has 3 aromatic rings. The summed E-state index contributed by atoms with van der Waals surface area (Å²) in [6.45, 7) is 4.14. The Balaban J connectivity index is 1.98. The first kappa shape index (κ1) is 23.6. The second kappa shape index (κ2) is 11.0. The Morgan fingerprint density at radius 1 is 1.21 bits per heavy atom. The van der Waals surface area contributed by atoms with E-state index in [2.05, 4.69) is 12.6 Å². The van der Waals surface area contributed by atoms with Gasteiger partial charge in [-0.1, -0.05) is 41.9 Å². The third-order valence-corrected chi connectivity index (χ3v) is 5.09. The number of ether oxygens (including phenoxy) is 2. The van der Waals surface area contributed by atoms with Crippen LogP contribution in [-0.4, -0.2) is 12.0 Å². The first-order valence-electron chi connectivity index (χ1n) is 10.0. The third-order valence-electron chi connectivity index (χ3n) is 4.83. The number of benzene rings is 3. The number of nitro benzene ring substituents is 1. The Morgan fingerprint density at radius 3 is 2.61 bits per heavy atom. The average molecular weight is 461 g/mol. The van der Waals surface area contributed by atoms with Gasteiger partial charge in [0.15, 0.2) is 11.5 Å². The maximum atomic E-state index is 11.1. The molecule has 0 saturated carbocycles. The van der Waals surface area contributed by atoms with Crippen LogP contribution in [0.1, 0.15) is 22.3 Å². The molecule has 166 valence electrons. The highest BCUT2D eigenvalue weighted by Gasteiger charge is 2.14. The number of allylic oxidation sites excluding steroid dienone is 2. The standard InChI is InChI=1S/C26H21ClN2O4/c1-3-5-21-12-19(13-22(16-28)20-6-4-7-24(15-20)29(30)31)14-25(32-2)26(21)33-17-18-8-10-23(27)11-9-18/h3-4,6-15H,1,5,17H2,2H3/b22-13-. The average Bonchev–Trinajstić information content (AvgIpc) is 2.82. The van der Waals surface area contributed by atoms with Crippen LogP contribution in [0.5, 0.6) is 11.5 Å². The van der Waals surface area contributed by atoms with Crippen LogP contribution in [-0.2, 0) is 13.0 Å². The van der Waals surface area contributed by atoms with Crippen molar-refractivity contribution in [1.82, 2.24) is 0 Å². The van der Waals surface area contributed by atoms with E-state index < -0.39 is 4.92 Å². The summed E-state index contributed by atoms with van der Waals surface area (Å²) in [6.07, 6.45) is 3.94. The molecule has 33 heavy (non-hydrogen) atoms. The molecule has 0 aromatic heterocycles. The summed E-state index contributed by atoms with van der Waals surface area (Å²) in [5.74, 6) is 1.09. The van der Waals surface area contributed by atoms with Crippen molar-refractivity contribution in [3.8, 4) is 17.6 Å². The van der Waals surface area contributed by atoms with Gasteiger partial charge in [-0.2, -0.15) is 5.26 Å². The number of rotatable bonds is 9. The zero-order valence-corrected chi connectivity index (χ0v) is 18.7. The number of nitriles is 1. The molecule has 7 heteroatoms. The Hall–Kier alpha value is -4.08. The summed E-state index contributed by atoms with van der Waals surface area (Å²) in [5.41, 5.74) is 3.16. The quantitative estimate of drug-likeness (QED) is 0.118. The molecule has 0 amide bonds. The van der Waals surface area contributed by atoms with E-state index >= 15 is 0 Å². The fraction of sp³-hybridized carbons (Fsp3) is 0.115. The van der Waals surface area contributed by atoms with Gasteiger partial charge in [-0.25, -0.2) is 0 Å². The predicted molar refractivity (Wildman–Crippen MR) is 129 cm³/mol. The maximum absolute atomic E-state index is 11.1. The number of non-ortho nitro benzene ring substituents is 1. The predicted octanol–water partition coefficient (Wildman–Crippen LogP) is 6.63. The number of halogens is 1. The molecular formula is C26H21ClN2O4. The molecule has 6 nitrogen and oxygen atoms in total. The number of hydrogen-bond donors (Lipinski definition) is 0. The Kier molecular flexibility index (Phi) is 7.85. The minimum atomic E-state index is -0.490. The second-order valence-corrected chi connectivity index (χ2v) is 7.53. The molecule has 0 fully saturated rings. The summed E-state index contributed by atoms with van der Waals surface area (Å²) in [4.78, 5) is 10.6. The van der Waals surface area contributed by atoms with Gasteiger partial charge >= 0.3 is 0 Å². The van der Waals surface area contributed by atoms with Gasteiger partial charge in [-0.05, 0) is 53.5 Å². The smallest absolute Gasteiger partial charge is 0.270 e. The van der Waals surface area contributed by atoms with Crippen LogP contribution in [0.3, 0.4) is 0 Å². The van der Waals surface area contributed by atoms with Gasteiger partial charge in [0.05, 0.1) is 23.7 Å². The summed E-state index contributed by atoms with van der Waals surface area (Å²) < 4.78 is 11.6. The highest BCUT2D eigenvalue weighted by Crippen LogP contribution is 2.35. The normalized spacial score (nSPS) is 10.9. The minimum absolute atomic E-state index is 0.0791. The third kappa shape index (κ3) is 6.00. The van der Waals surface area contributed by atoms with E-state index in [1.54, 1.807) is 49.6 Å². The van der Waals surface area contributed by atoms with Crippen LogP contribution >= 0.6 is 11.6 Å². The number of methoxy groups -OCH3 is 1. The molecule has 0 saturated heterocycles. The molecule has 0 atom stereocenters. The molecule has 0 spiro atoms. The highest BCUT2D eigenvalue weighted by molar-refractivity contribution is 6.30. The largest absolute Gasteiger partial charge is 0.493 e. The van der Waals surface area contributed by atoms with E-state index in [9.17, 15) is 15.4 Å².